The molecule has 0 unspecified atom stereocenters. The van der Waals surface area contributed by atoms with Crippen LogP contribution >= 0.6 is 11.6 Å². The maximum atomic E-state index is 5.84. The second-order valence-corrected chi connectivity index (χ2v) is 4.41. The van der Waals surface area contributed by atoms with Crippen LogP contribution in [0.25, 0.3) is 22.8 Å². The molecule has 1 aromatic carbocycles. The molecule has 0 amide bonds. The van der Waals surface area contributed by atoms with Gasteiger partial charge in [0, 0.05) is 17.3 Å². The molecule has 0 saturated heterocycles. The monoisotopic (exact) mass is 287 g/mol. The standard InChI is InChI=1S/C14H10ClN3O2/c1-19-11-4-2-3-9(7-11)13-17-14(20-18-13)10-5-6-16-12(15)8-10/h2-8H,1H3. The normalized spacial score (nSPS) is 10.5. The summed E-state index contributed by atoms with van der Waals surface area (Å²) in [5, 5.41) is 4.34. The molecule has 2 aromatic heterocycles. The highest BCUT2D eigenvalue weighted by Crippen LogP contribution is 2.25. The molecule has 3 rings (SSSR count). The van der Waals surface area contributed by atoms with Gasteiger partial charge in [0.25, 0.3) is 5.89 Å². The van der Waals surface area contributed by atoms with Crippen molar-refractivity contribution in [3.63, 3.8) is 0 Å². The lowest BCUT2D eigenvalue weighted by Crippen LogP contribution is -1.85. The van der Waals surface area contributed by atoms with Gasteiger partial charge in [-0.15, -0.1) is 0 Å². The Hall–Kier alpha value is -2.40. The van der Waals surface area contributed by atoms with E-state index in [2.05, 4.69) is 15.1 Å². The van der Waals surface area contributed by atoms with E-state index in [0.717, 1.165) is 16.9 Å². The molecule has 0 bridgehead atoms. The van der Waals surface area contributed by atoms with E-state index in [4.69, 9.17) is 20.9 Å². The van der Waals surface area contributed by atoms with E-state index in [0.29, 0.717) is 16.9 Å². The summed E-state index contributed by atoms with van der Waals surface area (Å²) in [6, 6.07) is 10.9. The van der Waals surface area contributed by atoms with Crippen molar-refractivity contribution in [3.8, 4) is 28.6 Å². The van der Waals surface area contributed by atoms with E-state index in [1.165, 1.54) is 0 Å². The maximum Gasteiger partial charge on any atom is 0.258 e. The first-order valence-corrected chi connectivity index (χ1v) is 6.24. The number of aromatic nitrogens is 3. The number of rotatable bonds is 3. The van der Waals surface area contributed by atoms with E-state index in [9.17, 15) is 0 Å². The number of hydrogen-bond donors (Lipinski definition) is 0. The Morgan fingerprint density at radius 2 is 2.05 bits per heavy atom. The van der Waals surface area contributed by atoms with Crippen LogP contribution in [-0.2, 0) is 0 Å². The maximum absolute atomic E-state index is 5.84. The van der Waals surface area contributed by atoms with Crippen LogP contribution in [0.1, 0.15) is 0 Å². The molecule has 0 aliphatic rings. The van der Waals surface area contributed by atoms with Crippen LogP contribution < -0.4 is 4.74 Å². The van der Waals surface area contributed by atoms with E-state index >= 15 is 0 Å². The summed E-state index contributed by atoms with van der Waals surface area (Å²) in [7, 11) is 1.61. The lowest BCUT2D eigenvalue weighted by molar-refractivity contribution is 0.414. The largest absolute Gasteiger partial charge is 0.497 e. The lowest BCUT2D eigenvalue weighted by atomic mass is 10.2. The number of ether oxygens (including phenoxy) is 1. The summed E-state index contributed by atoms with van der Waals surface area (Å²) in [5.41, 5.74) is 1.55. The molecule has 20 heavy (non-hydrogen) atoms. The van der Waals surface area contributed by atoms with Gasteiger partial charge in [0.1, 0.15) is 10.9 Å². The summed E-state index contributed by atoms with van der Waals surface area (Å²) >= 11 is 5.84. The third-order valence-electron chi connectivity index (χ3n) is 2.73. The van der Waals surface area contributed by atoms with Crippen molar-refractivity contribution >= 4 is 11.6 Å². The highest BCUT2D eigenvalue weighted by Gasteiger charge is 2.11. The summed E-state index contributed by atoms with van der Waals surface area (Å²) in [6.45, 7) is 0. The molecule has 0 fully saturated rings. The van der Waals surface area contributed by atoms with Gasteiger partial charge < -0.3 is 9.26 Å². The number of nitrogens with zero attached hydrogens (tertiary/aromatic N) is 3. The van der Waals surface area contributed by atoms with Crippen LogP contribution in [-0.4, -0.2) is 22.2 Å². The molecule has 2 heterocycles. The van der Waals surface area contributed by atoms with Gasteiger partial charge in [-0.2, -0.15) is 4.98 Å². The van der Waals surface area contributed by atoms with Crippen LogP contribution in [0.4, 0.5) is 0 Å². The van der Waals surface area contributed by atoms with Gasteiger partial charge in [-0.25, -0.2) is 4.98 Å². The fourth-order valence-electron chi connectivity index (χ4n) is 1.76. The molecule has 0 atom stereocenters. The second kappa shape index (κ2) is 5.30. The molecular formula is C14H10ClN3O2. The zero-order valence-corrected chi connectivity index (χ0v) is 11.3. The number of pyridine rings is 1. The Labute approximate surface area is 120 Å². The van der Waals surface area contributed by atoms with Crippen molar-refractivity contribution in [1.29, 1.82) is 0 Å². The van der Waals surface area contributed by atoms with Crippen LogP contribution in [0, 0.1) is 0 Å². The summed E-state index contributed by atoms with van der Waals surface area (Å²) in [5.74, 6) is 1.62. The highest BCUT2D eigenvalue weighted by atomic mass is 35.5. The number of halogens is 1. The predicted octanol–water partition coefficient (Wildman–Crippen LogP) is 3.46. The number of hydrogen-bond acceptors (Lipinski definition) is 5. The SMILES string of the molecule is COc1cccc(-c2noc(-c3ccnc(Cl)c3)n2)c1. The molecular weight excluding hydrogens is 278 g/mol. The molecule has 0 radical (unpaired) electrons. The summed E-state index contributed by atoms with van der Waals surface area (Å²) in [6.07, 6.45) is 1.59. The van der Waals surface area contributed by atoms with Crippen molar-refractivity contribution in [2.24, 2.45) is 0 Å². The van der Waals surface area contributed by atoms with Crippen LogP contribution in [0.2, 0.25) is 5.15 Å². The smallest absolute Gasteiger partial charge is 0.258 e. The minimum absolute atomic E-state index is 0.378. The molecule has 0 saturated carbocycles. The molecule has 6 heteroatoms. The van der Waals surface area contributed by atoms with Gasteiger partial charge in [0.2, 0.25) is 5.82 Å². The first kappa shape index (κ1) is 12.6. The molecule has 100 valence electrons. The summed E-state index contributed by atoms with van der Waals surface area (Å²) < 4.78 is 10.4. The first-order chi connectivity index (χ1) is 9.76. The minimum atomic E-state index is 0.378. The molecule has 0 aliphatic carbocycles. The van der Waals surface area contributed by atoms with Crippen molar-refractivity contribution in [2.45, 2.75) is 0 Å². The Morgan fingerprint density at radius 3 is 2.85 bits per heavy atom. The van der Waals surface area contributed by atoms with Gasteiger partial charge in [0.05, 0.1) is 7.11 Å². The number of methoxy groups -OCH3 is 1. The Bertz CT molecular complexity index is 743. The molecule has 3 aromatic rings. The Morgan fingerprint density at radius 1 is 1.15 bits per heavy atom. The van der Waals surface area contributed by atoms with Crippen molar-refractivity contribution in [2.75, 3.05) is 7.11 Å². The average Bonchev–Trinajstić information content (AvgIpc) is 2.97. The van der Waals surface area contributed by atoms with Crippen molar-refractivity contribution < 1.29 is 9.26 Å². The quantitative estimate of drug-likeness (QED) is 0.690. The second-order valence-electron chi connectivity index (χ2n) is 4.02. The van der Waals surface area contributed by atoms with Gasteiger partial charge in [-0.1, -0.05) is 28.9 Å². The van der Waals surface area contributed by atoms with E-state index in [1.807, 2.05) is 24.3 Å². The van der Waals surface area contributed by atoms with Gasteiger partial charge in [-0.05, 0) is 24.3 Å². The predicted molar refractivity (Wildman–Crippen MR) is 74.5 cm³/mol. The van der Waals surface area contributed by atoms with Crippen molar-refractivity contribution in [3.05, 3.63) is 47.7 Å². The Balaban J connectivity index is 1.97. The fraction of sp³-hybridized carbons (Fsp3) is 0.0714. The average molecular weight is 288 g/mol. The topological polar surface area (TPSA) is 61.0 Å². The van der Waals surface area contributed by atoms with Crippen LogP contribution in [0.15, 0.2) is 47.1 Å². The minimum Gasteiger partial charge on any atom is -0.497 e. The summed E-state index contributed by atoms with van der Waals surface area (Å²) in [4.78, 5) is 8.26. The van der Waals surface area contributed by atoms with Crippen molar-refractivity contribution in [1.82, 2.24) is 15.1 Å². The third-order valence-corrected chi connectivity index (χ3v) is 2.93. The zero-order valence-electron chi connectivity index (χ0n) is 10.6. The van der Waals surface area contributed by atoms with Gasteiger partial charge in [-0.3, -0.25) is 0 Å². The first-order valence-electron chi connectivity index (χ1n) is 5.86. The third kappa shape index (κ3) is 2.48. The van der Waals surface area contributed by atoms with Gasteiger partial charge >= 0.3 is 0 Å². The molecule has 0 spiro atoms. The number of benzene rings is 1. The van der Waals surface area contributed by atoms with Crippen LogP contribution in [0.3, 0.4) is 0 Å². The Kier molecular flexibility index (Phi) is 3.35. The van der Waals surface area contributed by atoms with E-state index in [-0.39, 0.29) is 0 Å². The van der Waals surface area contributed by atoms with E-state index in [1.54, 1.807) is 25.4 Å². The van der Waals surface area contributed by atoms with Crippen LogP contribution in [0.5, 0.6) is 5.75 Å². The molecule has 0 N–H and O–H groups in total. The van der Waals surface area contributed by atoms with Gasteiger partial charge in [0.15, 0.2) is 0 Å². The lowest BCUT2D eigenvalue weighted by Gasteiger charge is -1.99. The molecule has 0 aliphatic heterocycles. The fourth-order valence-corrected chi connectivity index (χ4v) is 1.93. The molecule has 5 nitrogen and oxygen atoms in total. The van der Waals surface area contributed by atoms with E-state index < -0.39 is 0 Å². The highest BCUT2D eigenvalue weighted by molar-refractivity contribution is 6.29. The zero-order chi connectivity index (χ0) is 13.9.